The highest BCUT2D eigenvalue weighted by Gasteiger charge is 2.58. The lowest BCUT2D eigenvalue weighted by atomic mass is 9.84. The number of benzene rings is 2. The molecule has 22 heavy (non-hydrogen) atoms. The molecular weight excluding hydrogens is 323 g/mol. The normalized spacial score (nSPS) is 14.4. The van der Waals surface area contributed by atoms with Crippen molar-refractivity contribution in [2.24, 2.45) is 0 Å². The summed E-state index contributed by atoms with van der Waals surface area (Å²) in [4.78, 5) is 10.0. The molecule has 0 aliphatic carbocycles. The number of hydrogen-bond acceptors (Lipinski definition) is 3. The van der Waals surface area contributed by atoms with Gasteiger partial charge in [0.15, 0.2) is 0 Å². The molecule has 0 aliphatic rings. The van der Waals surface area contributed by atoms with Gasteiger partial charge in [0, 0.05) is 11.1 Å². The Morgan fingerprint density at radius 3 is 2.09 bits per heavy atom. The third kappa shape index (κ3) is 2.65. The van der Waals surface area contributed by atoms with Crippen LogP contribution < -0.4 is 0 Å². The molecule has 0 aliphatic heterocycles. The lowest BCUT2D eigenvalue weighted by Gasteiger charge is -2.31. The summed E-state index contributed by atoms with van der Waals surface area (Å²) in [7, 11) is 0. The monoisotopic (exact) mass is 331 g/mol. The van der Waals surface area contributed by atoms with E-state index in [0.717, 1.165) is 24.3 Å². The molecule has 0 radical (unpaired) electrons. The summed E-state index contributed by atoms with van der Waals surface area (Å²) < 4.78 is 40.5. The molecule has 1 N–H and O–H groups in total. The number of hydrogen-bond donors (Lipinski definition) is 1. The van der Waals surface area contributed by atoms with E-state index in [1.807, 2.05) is 0 Å². The maximum absolute atomic E-state index is 13.5. The quantitative estimate of drug-likeness (QED) is 0.681. The van der Waals surface area contributed by atoms with Crippen molar-refractivity contribution < 1.29 is 23.2 Å². The highest BCUT2D eigenvalue weighted by atomic mass is 35.5. The number of aliphatic hydroxyl groups is 1. The van der Waals surface area contributed by atoms with Crippen molar-refractivity contribution in [3.05, 3.63) is 74.8 Å². The largest absolute Gasteiger partial charge is 0.426 e. The molecule has 8 heteroatoms. The zero-order chi connectivity index (χ0) is 16.5. The molecule has 116 valence electrons. The number of nitro benzene ring substituents is 1. The summed E-state index contributed by atoms with van der Waals surface area (Å²) in [6, 6.07) is 8.49. The van der Waals surface area contributed by atoms with Gasteiger partial charge in [0.2, 0.25) is 5.60 Å². The molecule has 1 atom stereocenters. The van der Waals surface area contributed by atoms with Crippen molar-refractivity contribution in [1.82, 2.24) is 0 Å². The molecular formula is C14H9ClF3NO3. The van der Waals surface area contributed by atoms with Gasteiger partial charge >= 0.3 is 6.18 Å². The summed E-state index contributed by atoms with van der Waals surface area (Å²) in [6.45, 7) is 0. The van der Waals surface area contributed by atoms with Gasteiger partial charge in [-0.25, -0.2) is 0 Å². The second-order valence-electron chi connectivity index (χ2n) is 4.49. The maximum atomic E-state index is 13.5. The lowest BCUT2D eigenvalue weighted by Crippen LogP contribution is -2.43. The molecule has 0 saturated heterocycles. The van der Waals surface area contributed by atoms with E-state index in [1.54, 1.807) is 0 Å². The van der Waals surface area contributed by atoms with Gasteiger partial charge in [-0.15, -0.1) is 0 Å². The first-order valence-electron chi connectivity index (χ1n) is 5.97. The molecule has 0 fully saturated rings. The second-order valence-corrected chi connectivity index (χ2v) is 4.93. The van der Waals surface area contributed by atoms with Crippen LogP contribution in [0.5, 0.6) is 0 Å². The van der Waals surface area contributed by atoms with E-state index in [4.69, 9.17) is 11.6 Å². The Hall–Kier alpha value is -2.12. The zero-order valence-corrected chi connectivity index (χ0v) is 11.6. The van der Waals surface area contributed by atoms with Crippen LogP contribution >= 0.6 is 11.6 Å². The first-order chi connectivity index (χ1) is 10.2. The third-order valence-electron chi connectivity index (χ3n) is 3.16. The average Bonchev–Trinajstić information content (AvgIpc) is 2.46. The topological polar surface area (TPSA) is 63.4 Å². The van der Waals surface area contributed by atoms with Crippen molar-refractivity contribution in [1.29, 1.82) is 0 Å². The van der Waals surface area contributed by atoms with Gasteiger partial charge in [0.1, 0.15) is 0 Å². The van der Waals surface area contributed by atoms with Crippen LogP contribution in [0.3, 0.4) is 0 Å². The molecule has 0 amide bonds. The predicted octanol–water partition coefficient (Wildman–Crippen LogP) is 4.05. The Morgan fingerprint density at radius 1 is 1.05 bits per heavy atom. The van der Waals surface area contributed by atoms with Gasteiger partial charge in [-0.2, -0.15) is 13.2 Å². The van der Waals surface area contributed by atoms with Crippen LogP contribution in [0.2, 0.25) is 5.02 Å². The summed E-state index contributed by atoms with van der Waals surface area (Å²) in [5.74, 6) is 0. The van der Waals surface area contributed by atoms with Crippen LogP contribution in [0.4, 0.5) is 18.9 Å². The molecule has 2 aromatic carbocycles. The Labute approximate surface area is 127 Å². The van der Waals surface area contributed by atoms with E-state index >= 15 is 0 Å². The minimum atomic E-state index is -5.16. The summed E-state index contributed by atoms with van der Waals surface area (Å²) in [6.07, 6.45) is -5.16. The number of halogens is 4. The number of alkyl halides is 3. The number of nitro groups is 1. The zero-order valence-electron chi connectivity index (χ0n) is 10.8. The summed E-state index contributed by atoms with van der Waals surface area (Å²) >= 11 is 5.63. The van der Waals surface area contributed by atoms with Crippen molar-refractivity contribution in [3.63, 3.8) is 0 Å². The highest BCUT2D eigenvalue weighted by Crippen LogP contribution is 2.47. The van der Waals surface area contributed by atoms with E-state index in [9.17, 15) is 28.4 Å². The average molecular weight is 332 g/mol. The second kappa shape index (κ2) is 5.58. The maximum Gasteiger partial charge on any atom is 0.426 e. The minimum absolute atomic E-state index is 0.177. The van der Waals surface area contributed by atoms with E-state index < -0.39 is 33.5 Å². The Bertz CT molecular complexity index is 703. The molecule has 2 rings (SSSR count). The van der Waals surface area contributed by atoms with Gasteiger partial charge < -0.3 is 5.11 Å². The van der Waals surface area contributed by atoms with E-state index in [2.05, 4.69) is 0 Å². The standard InChI is InChI=1S/C14H9ClF3NO3/c15-10-7-5-9(6-8-10)13(20,14(16,17)18)11-3-1-2-4-12(11)19(21)22/h1-8,20H. The van der Waals surface area contributed by atoms with E-state index in [0.29, 0.717) is 0 Å². The highest BCUT2D eigenvalue weighted by molar-refractivity contribution is 6.30. The molecule has 0 aromatic heterocycles. The Balaban J connectivity index is 2.77. The molecule has 4 nitrogen and oxygen atoms in total. The van der Waals surface area contributed by atoms with Crippen molar-refractivity contribution in [2.45, 2.75) is 11.8 Å². The Kier molecular flexibility index (Phi) is 4.12. The summed E-state index contributed by atoms with van der Waals surface area (Å²) in [5, 5.41) is 21.5. The molecule has 0 saturated carbocycles. The van der Waals surface area contributed by atoms with Crippen LogP contribution in [0.1, 0.15) is 11.1 Å². The van der Waals surface area contributed by atoms with Gasteiger partial charge in [0.25, 0.3) is 5.69 Å². The molecule has 2 aromatic rings. The fourth-order valence-electron chi connectivity index (χ4n) is 2.10. The van der Waals surface area contributed by atoms with E-state index in [1.165, 1.54) is 24.3 Å². The van der Waals surface area contributed by atoms with Gasteiger partial charge in [-0.05, 0) is 23.8 Å². The number of para-hydroxylation sites is 1. The van der Waals surface area contributed by atoms with Gasteiger partial charge in [-0.1, -0.05) is 35.9 Å². The van der Waals surface area contributed by atoms with Crippen LogP contribution in [-0.4, -0.2) is 16.2 Å². The molecule has 0 heterocycles. The fraction of sp³-hybridized carbons (Fsp3) is 0.143. The fourth-order valence-corrected chi connectivity index (χ4v) is 2.23. The van der Waals surface area contributed by atoms with Crippen LogP contribution in [0.25, 0.3) is 0 Å². The minimum Gasteiger partial charge on any atom is -0.372 e. The van der Waals surface area contributed by atoms with E-state index in [-0.39, 0.29) is 5.02 Å². The van der Waals surface area contributed by atoms with Crippen LogP contribution in [0.15, 0.2) is 48.5 Å². The summed E-state index contributed by atoms with van der Waals surface area (Å²) in [5.41, 5.74) is -5.74. The predicted molar refractivity (Wildman–Crippen MR) is 73.6 cm³/mol. The van der Waals surface area contributed by atoms with Crippen molar-refractivity contribution in [2.75, 3.05) is 0 Å². The van der Waals surface area contributed by atoms with Crippen LogP contribution in [0, 0.1) is 10.1 Å². The molecule has 0 spiro atoms. The Morgan fingerprint density at radius 2 is 1.59 bits per heavy atom. The molecule has 0 bridgehead atoms. The number of nitrogens with zero attached hydrogens (tertiary/aromatic N) is 1. The molecule has 1 unspecified atom stereocenters. The smallest absolute Gasteiger partial charge is 0.372 e. The van der Waals surface area contributed by atoms with Crippen LogP contribution in [-0.2, 0) is 5.60 Å². The van der Waals surface area contributed by atoms with Gasteiger partial charge in [0.05, 0.1) is 10.5 Å². The SMILES string of the molecule is O=[N+]([O-])c1ccccc1C(O)(c1ccc(Cl)cc1)C(F)(F)F. The lowest BCUT2D eigenvalue weighted by molar-refractivity contribution is -0.388. The third-order valence-corrected chi connectivity index (χ3v) is 3.41. The van der Waals surface area contributed by atoms with Crippen molar-refractivity contribution >= 4 is 17.3 Å². The van der Waals surface area contributed by atoms with Crippen molar-refractivity contribution in [3.8, 4) is 0 Å². The first-order valence-corrected chi connectivity index (χ1v) is 6.34. The number of rotatable bonds is 3. The first kappa shape index (κ1) is 16.3. The van der Waals surface area contributed by atoms with Gasteiger partial charge in [-0.3, -0.25) is 10.1 Å².